The van der Waals surface area contributed by atoms with Crippen molar-refractivity contribution in [2.24, 2.45) is 0 Å². The normalized spacial score (nSPS) is 11.8. The summed E-state index contributed by atoms with van der Waals surface area (Å²) in [4.78, 5) is 12.1. The number of carbonyl (C=O) groups is 1. The molecule has 3 nitrogen and oxygen atoms in total. The molecule has 1 amide bonds. The molecular weight excluding hydrogens is 413 g/mol. The first-order valence-corrected chi connectivity index (χ1v) is 10.5. The smallest absolute Gasteiger partial charge is 0.407 e. The summed E-state index contributed by atoms with van der Waals surface area (Å²) in [6, 6.07) is 19.3. The number of hydrogen-bond donors (Lipinski definition) is 1. The number of halogens is 2. The molecule has 0 aliphatic heterocycles. The number of aryl methyl sites for hydroxylation is 1. The second kappa shape index (κ2) is 9.24. The number of ether oxygens (including phenoxy) is 1. The Morgan fingerprint density at radius 1 is 1.10 bits per heavy atom. The first-order chi connectivity index (χ1) is 15.0. The molecule has 0 heterocycles. The maximum atomic E-state index is 13.9. The molecule has 5 heteroatoms. The van der Waals surface area contributed by atoms with Gasteiger partial charge in [-0.15, -0.1) is 0 Å². The molecule has 1 aliphatic rings. The van der Waals surface area contributed by atoms with Crippen LogP contribution in [0.3, 0.4) is 0 Å². The molecule has 0 saturated carbocycles. The van der Waals surface area contributed by atoms with Crippen molar-refractivity contribution in [2.75, 3.05) is 13.2 Å². The molecule has 3 aromatic rings. The van der Waals surface area contributed by atoms with Crippen LogP contribution in [0, 0.1) is 24.6 Å². The zero-order chi connectivity index (χ0) is 21.8. The van der Waals surface area contributed by atoms with E-state index in [1.54, 1.807) is 6.92 Å². The topological polar surface area (TPSA) is 38.3 Å². The number of benzene rings is 3. The summed E-state index contributed by atoms with van der Waals surface area (Å²) in [6.07, 6.45) is -0.122. The van der Waals surface area contributed by atoms with Crippen LogP contribution in [0.4, 0.5) is 9.18 Å². The molecule has 0 atom stereocenters. The Morgan fingerprint density at radius 3 is 2.42 bits per heavy atom. The van der Waals surface area contributed by atoms with Gasteiger partial charge in [0.15, 0.2) is 0 Å². The molecule has 0 aromatic heterocycles. The summed E-state index contributed by atoms with van der Waals surface area (Å²) >= 11 is 6.01. The second-order valence-electron chi connectivity index (χ2n) is 7.39. The third-order valence-electron chi connectivity index (χ3n) is 5.33. The molecule has 0 saturated heterocycles. The van der Waals surface area contributed by atoms with Crippen molar-refractivity contribution in [1.29, 1.82) is 0 Å². The molecule has 0 radical (unpaired) electrons. The maximum absolute atomic E-state index is 13.9. The van der Waals surface area contributed by atoms with Crippen LogP contribution in [0.5, 0.6) is 0 Å². The van der Waals surface area contributed by atoms with Crippen LogP contribution < -0.4 is 5.32 Å². The van der Waals surface area contributed by atoms with E-state index in [-0.39, 0.29) is 18.1 Å². The largest absolute Gasteiger partial charge is 0.449 e. The lowest BCUT2D eigenvalue weighted by atomic mass is 9.98. The Bertz CT molecular complexity index is 1150. The van der Waals surface area contributed by atoms with Crippen LogP contribution in [-0.2, 0) is 4.74 Å². The van der Waals surface area contributed by atoms with Gasteiger partial charge in [0.1, 0.15) is 12.4 Å². The highest BCUT2D eigenvalue weighted by atomic mass is 35.5. The van der Waals surface area contributed by atoms with E-state index in [0.717, 1.165) is 0 Å². The van der Waals surface area contributed by atoms with Crippen molar-refractivity contribution < 1.29 is 13.9 Å². The monoisotopic (exact) mass is 433 g/mol. The fraction of sp³-hybridized carbons (Fsp3) is 0.192. The van der Waals surface area contributed by atoms with Gasteiger partial charge in [0.25, 0.3) is 0 Å². The van der Waals surface area contributed by atoms with Crippen molar-refractivity contribution in [1.82, 2.24) is 5.32 Å². The first kappa shape index (κ1) is 21.0. The van der Waals surface area contributed by atoms with Crippen molar-refractivity contribution in [3.8, 4) is 23.0 Å². The average molecular weight is 434 g/mol. The summed E-state index contributed by atoms with van der Waals surface area (Å²) in [6.45, 7) is 2.31. The number of rotatable bonds is 4. The summed E-state index contributed by atoms with van der Waals surface area (Å²) in [5.74, 6) is 5.22. The minimum atomic E-state index is -0.492. The Labute approximate surface area is 186 Å². The van der Waals surface area contributed by atoms with Crippen LogP contribution in [0.25, 0.3) is 11.1 Å². The molecule has 4 rings (SSSR count). The van der Waals surface area contributed by atoms with E-state index in [0.29, 0.717) is 23.6 Å². The van der Waals surface area contributed by atoms with Crippen LogP contribution in [0.15, 0.2) is 60.7 Å². The minimum Gasteiger partial charge on any atom is -0.449 e. The molecule has 3 aromatic carbocycles. The van der Waals surface area contributed by atoms with Gasteiger partial charge < -0.3 is 10.1 Å². The van der Waals surface area contributed by atoms with Gasteiger partial charge in [-0.2, -0.15) is 0 Å². The van der Waals surface area contributed by atoms with E-state index < -0.39 is 11.9 Å². The van der Waals surface area contributed by atoms with Gasteiger partial charge >= 0.3 is 6.09 Å². The Morgan fingerprint density at radius 2 is 1.74 bits per heavy atom. The fourth-order valence-electron chi connectivity index (χ4n) is 3.78. The van der Waals surface area contributed by atoms with Gasteiger partial charge in [-0.05, 0) is 46.9 Å². The Hall–Kier alpha value is -3.29. The molecule has 0 unspecified atom stereocenters. The molecule has 31 heavy (non-hydrogen) atoms. The highest BCUT2D eigenvalue weighted by Gasteiger charge is 2.28. The minimum absolute atomic E-state index is 0.0206. The molecule has 0 fully saturated rings. The SMILES string of the molecule is Cc1cc(F)c(C#CCCNC(=O)OCC2c3ccccc3-c3ccccc32)cc1Cl. The maximum Gasteiger partial charge on any atom is 0.407 e. The average Bonchev–Trinajstić information content (AvgIpc) is 3.09. The Kier molecular flexibility index (Phi) is 6.25. The van der Waals surface area contributed by atoms with Crippen molar-refractivity contribution in [2.45, 2.75) is 19.3 Å². The van der Waals surface area contributed by atoms with Crippen molar-refractivity contribution >= 4 is 17.7 Å². The van der Waals surface area contributed by atoms with Gasteiger partial charge in [-0.25, -0.2) is 9.18 Å². The van der Waals surface area contributed by atoms with E-state index in [1.807, 2.05) is 24.3 Å². The lowest BCUT2D eigenvalue weighted by Gasteiger charge is -2.14. The summed E-state index contributed by atoms with van der Waals surface area (Å²) in [5, 5.41) is 3.17. The first-order valence-electron chi connectivity index (χ1n) is 10.1. The standard InChI is InChI=1S/C26H21ClFNO2/c1-17-14-25(28)18(15-24(17)27)8-6-7-13-29-26(30)31-16-23-21-11-4-2-9-19(21)20-10-3-5-12-22(20)23/h2-5,9-12,14-15,23H,7,13,16H2,1H3,(H,29,30). The molecule has 156 valence electrons. The lowest BCUT2D eigenvalue weighted by molar-refractivity contribution is 0.143. The van der Waals surface area contributed by atoms with E-state index in [1.165, 1.54) is 34.4 Å². The molecule has 1 aliphatic carbocycles. The van der Waals surface area contributed by atoms with Crippen LogP contribution in [0.2, 0.25) is 5.02 Å². The van der Waals surface area contributed by atoms with Crippen LogP contribution in [-0.4, -0.2) is 19.2 Å². The number of nitrogens with one attached hydrogen (secondary N) is 1. The van der Waals surface area contributed by atoms with E-state index in [9.17, 15) is 9.18 Å². The van der Waals surface area contributed by atoms with Crippen molar-refractivity contribution in [3.05, 3.63) is 93.8 Å². The summed E-state index contributed by atoms with van der Waals surface area (Å²) < 4.78 is 19.4. The third-order valence-corrected chi connectivity index (χ3v) is 5.74. The summed E-state index contributed by atoms with van der Waals surface area (Å²) in [5.41, 5.74) is 5.62. The highest BCUT2D eigenvalue weighted by molar-refractivity contribution is 6.31. The lowest BCUT2D eigenvalue weighted by Crippen LogP contribution is -2.26. The van der Waals surface area contributed by atoms with Gasteiger partial charge in [-0.1, -0.05) is 72.0 Å². The number of alkyl carbamates (subject to hydrolysis) is 1. The second-order valence-corrected chi connectivity index (χ2v) is 7.79. The molecule has 0 bridgehead atoms. The molecule has 0 spiro atoms. The van der Waals surface area contributed by atoms with Crippen LogP contribution in [0.1, 0.15) is 34.6 Å². The van der Waals surface area contributed by atoms with Gasteiger partial charge in [0, 0.05) is 23.9 Å². The van der Waals surface area contributed by atoms with Gasteiger partial charge in [0.05, 0.1) is 5.56 Å². The molecular formula is C26H21ClFNO2. The Balaban J connectivity index is 1.30. The summed E-state index contributed by atoms with van der Waals surface area (Å²) in [7, 11) is 0. The zero-order valence-corrected chi connectivity index (χ0v) is 17.8. The van der Waals surface area contributed by atoms with E-state index in [4.69, 9.17) is 16.3 Å². The third kappa shape index (κ3) is 4.57. The predicted octanol–water partition coefficient (Wildman–Crippen LogP) is 6.07. The van der Waals surface area contributed by atoms with E-state index >= 15 is 0 Å². The van der Waals surface area contributed by atoms with Gasteiger partial charge in [0.2, 0.25) is 0 Å². The van der Waals surface area contributed by atoms with Crippen LogP contribution >= 0.6 is 11.6 Å². The highest BCUT2D eigenvalue weighted by Crippen LogP contribution is 2.44. The zero-order valence-electron chi connectivity index (χ0n) is 17.0. The molecule has 1 N–H and O–H groups in total. The van der Waals surface area contributed by atoms with E-state index in [2.05, 4.69) is 41.4 Å². The predicted molar refractivity (Wildman–Crippen MR) is 121 cm³/mol. The van der Waals surface area contributed by atoms with Gasteiger partial charge in [-0.3, -0.25) is 0 Å². The number of hydrogen-bond acceptors (Lipinski definition) is 2. The van der Waals surface area contributed by atoms with Crippen molar-refractivity contribution in [3.63, 3.8) is 0 Å². The number of amides is 1. The quantitative estimate of drug-likeness (QED) is 0.400. The number of fused-ring (bicyclic) bond motifs is 3. The number of carbonyl (C=O) groups excluding carboxylic acids is 1. The fourth-order valence-corrected chi connectivity index (χ4v) is 3.94.